The van der Waals surface area contributed by atoms with Crippen LogP contribution in [-0.2, 0) is 0 Å². The number of hydrogen-bond acceptors (Lipinski definition) is 2. The van der Waals surface area contributed by atoms with Gasteiger partial charge in [-0.3, -0.25) is 0 Å². The van der Waals surface area contributed by atoms with Crippen LogP contribution in [0.3, 0.4) is 0 Å². The predicted octanol–water partition coefficient (Wildman–Crippen LogP) is 6.21. The Kier molecular flexibility index (Phi) is 10.2. The van der Waals surface area contributed by atoms with Crippen LogP contribution >= 0.6 is 0 Å². The first-order valence-electron chi connectivity index (χ1n) is 10.3. The molecule has 24 heavy (non-hydrogen) atoms. The molecule has 2 heteroatoms. The second-order valence-electron chi connectivity index (χ2n) is 8.54. The molecule has 1 heterocycles. The highest BCUT2D eigenvalue weighted by Gasteiger charge is 2.16. The van der Waals surface area contributed by atoms with Gasteiger partial charge in [0.15, 0.2) is 0 Å². The van der Waals surface area contributed by atoms with Gasteiger partial charge in [0.1, 0.15) is 0 Å². The normalized spacial score (nSPS) is 14.9. The van der Waals surface area contributed by atoms with Gasteiger partial charge in [-0.05, 0) is 30.4 Å². The Balaban J connectivity index is 2.50. The lowest BCUT2D eigenvalue weighted by Crippen LogP contribution is -2.33. The summed E-state index contributed by atoms with van der Waals surface area (Å²) in [5, 5.41) is 0. The number of unbranched alkanes of at least 4 members (excludes halogenated alkanes) is 6. The monoisotopic (exact) mass is 334 g/mol. The fourth-order valence-electron chi connectivity index (χ4n) is 3.31. The van der Waals surface area contributed by atoms with E-state index in [1.807, 2.05) is 0 Å². The fourth-order valence-corrected chi connectivity index (χ4v) is 3.31. The summed E-state index contributed by atoms with van der Waals surface area (Å²) in [5.41, 5.74) is 1.81. The zero-order valence-electron chi connectivity index (χ0n) is 17.1. The minimum Gasteiger partial charge on any atom is -0.373 e. The Morgan fingerprint density at radius 3 is 1.92 bits per heavy atom. The maximum Gasteiger partial charge on any atom is 0.0377 e. The molecule has 0 aromatic carbocycles. The lowest BCUT2D eigenvalue weighted by Gasteiger charge is -2.33. The van der Waals surface area contributed by atoms with E-state index in [9.17, 15) is 0 Å². The molecule has 2 nitrogen and oxygen atoms in total. The van der Waals surface area contributed by atoms with E-state index in [0.717, 1.165) is 13.1 Å². The van der Waals surface area contributed by atoms with E-state index in [2.05, 4.69) is 62.8 Å². The van der Waals surface area contributed by atoms with Gasteiger partial charge in [-0.2, -0.15) is 0 Å². The second-order valence-corrected chi connectivity index (χ2v) is 8.54. The highest BCUT2D eigenvalue weighted by atomic mass is 15.2. The number of rotatable bonds is 12. The zero-order chi connectivity index (χ0) is 17.8. The molecule has 0 spiro atoms. The first-order valence-corrected chi connectivity index (χ1v) is 10.3. The Hall–Kier alpha value is -0.920. The Bertz CT molecular complexity index is 364. The summed E-state index contributed by atoms with van der Waals surface area (Å²) in [7, 11) is 0. The first-order chi connectivity index (χ1) is 11.5. The highest BCUT2D eigenvalue weighted by molar-refractivity contribution is 5.21. The number of hydrogen-bond donors (Lipinski definition) is 0. The molecule has 1 aliphatic rings. The van der Waals surface area contributed by atoms with Crippen molar-refractivity contribution in [2.24, 2.45) is 5.41 Å². The van der Waals surface area contributed by atoms with E-state index >= 15 is 0 Å². The van der Waals surface area contributed by atoms with Crippen LogP contribution in [-0.4, -0.2) is 36.0 Å². The fraction of sp³-hybridized carbons (Fsp3) is 0.818. The zero-order valence-corrected chi connectivity index (χ0v) is 17.1. The minimum atomic E-state index is 0.357. The summed E-state index contributed by atoms with van der Waals surface area (Å²) in [6.45, 7) is 16.2. The van der Waals surface area contributed by atoms with Crippen molar-refractivity contribution in [3.8, 4) is 0 Å². The van der Waals surface area contributed by atoms with Crippen molar-refractivity contribution in [3.05, 3.63) is 24.0 Å². The molecular weight excluding hydrogens is 292 g/mol. The smallest absolute Gasteiger partial charge is 0.0377 e. The predicted molar refractivity (Wildman–Crippen MR) is 108 cm³/mol. The maximum absolute atomic E-state index is 2.64. The van der Waals surface area contributed by atoms with E-state index < -0.39 is 0 Å². The van der Waals surface area contributed by atoms with E-state index in [1.165, 1.54) is 70.2 Å². The lowest BCUT2D eigenvalue weighted by atomic mass is 9.96. The summed E-state index contributed by atoms with van der Waals surface area (Å²) in [5.74, 6) is 0. The maximum atomic E-state index is 2.64. The quantitative estimate of drug-likeness (QED) is 0.392. The molecule has 0 aliphatic carbocycles. The van der Waals surface area contributed by atoms with E-state index in [1.54, 1.807) is 0 Å². The molecule has 1 aliphatic heterocycles. The summed E-state index contributed by atoms with van der Waals surface area (Å²) >= 11 is 0. The molecule has 0 amide bonds. The standard InChI is InChI=1S/C22H42N2/c1-6-8-10-12-16-24(17-13-11-9-7-2)21-14-18-23(19-15-21)20-22(3,4)5/h14-15,18H,6-13,16-17,19-20H2,1-5H3. The van der Waals surface area contributed by atoms with Gasteiger partial charge in [-0.15, -0.1) is 0 Å². The lowest BCUT2D eigenvalue weighted by molar-refractivity contribution is 0.259. The van der Waals surface area contributed by atoms with Crippen molar-refractivity contribution in [1.29, 1.82) is 0 Å². The van der Waals surface area contributed by atoms with E-state index in [0.29, 0.717) is 5.41 Å². The second kappa shape index (κ2) is 11.6. The average Bonchev–Trinajstić information content (AvgIpc) is 2.53. The van der Waals surface area contributed by atoms with Gasteiger partial charge < -0.3 is 9.80 Å². The summed E-state index contributed by atoms with van der Waals surface area (Å²) < 4.78 is 0. The molecule has 0 radical (unpaired) electrons. The number of allylic oxidation sites excluding steroid dienone is 1. The minimum absolute atomic E-state index is 0.357. The van der Waals surface area contributed by atoms with Crippen molar-refractivity contribution in [2.75, 3.05) is 26.2 Å². The molecule has 140 valence electrons. The summed E-state index contributed by atoms with van der Waals surface area (Å²) in [4.78, 5) is 5.08. The number of nitrogens with zero attached hydrogens (tertiary/aromatic N) is 2. The van der Waals surface area contributed by atoms with Crippen molar-refractivity contribution in [2.45, 2.75) is 86.0 Å². The SMILES string of the molecule is CCCCCCN(CCCCCC)C1=CCN(CC(C)(C)C)C=C1. The molecule has 0 fully saturated rings. The average molecular weight is 335 g/mol. The first kappa shape index (κ1) is 21.1. The molecule has 0 unspecified atom stereocenters. The molecule has 0 saturated heterocycles. The van der Waals surface area contributed by atoms with Crippen LogP contribution in [0.5, 0.6) is 0 Å². The molecule has 0 N–H and O–H groups in total. The van der Waals surface area contributed by atoms with Gasteiger partial charge in [-0.25, -0.2) is 0 Å². The Morgan fingerprint density at radius 2 is 1.50 bits per heavy atom. The van der Waals surface area contributed by atoms with Crippen molar-refractivity contribution in [1.82, 2.24) is 9.80 Å². The van der Waals surface area contributed by atoms with Crippen molar-refractivity contribution < 1.29 is 0 Å². The van der Waals surface area contributed by atoms with Crippen LogP contribution in [0, 0.1) is 5.41 Å². The van der Waals surface area contributed by atoms with Crippen molar-refractivity contribution >= 4 is 0 Å². The van der Waals surface area contributed by atoms with Crippen LogP contribution in [0.25, 0.3) is 0 Å². The van der Waals surface area contributed by atoms with Gasteiger partial charge >= 0.3 is 0 Å². The topological polar surface area (TPSA) is 6.48 Å². The third kappa shape index (κ3) is 9.39. The molecule has 0 atom stereocenters. The molecular formula is C22H42N2. The van der Waals surface area contributed by atoms with Crippen LogP contribution in [0.15, 0.2) is 24.0 Å². The molecule has 0 aromatic heterocycles. The van der Waals surface area contributed by atoms with Crippen LogP contribution in [0.1, 0.15) is 86.0 Å². The van der Waals surface area contributed by atoms with Crippen molar-refractivity contribution in [3.63, 3.8) is 0 Å². The van der Waals surface area contributed by atoms with Crippen LogP contribution in [0.2, 0.25) is 0 Å². The van der Waals surface area contributed by atoms with Crippen LogP contribution < -0.4 is 0 Å². The Morgan fingerprint density at radius 1 is 0.917 bits per heavy atom. The van der Waals surface area contributed by atoms with Gasteiger partial charge in [0, 0.05) is 38.1 Å². The summed E-state index contributed by atoms with van der Waals surface area (Å²) in [6, 6.07) is 0. The Labute approximate surface area is 152 Å². The molecule has 0 aromatic rings. The van der Waals surface area contributed by atoms with E-state index in [-0.39, 0.29) is 0 Å². The molecule has 0 bridgehead atoms. The van der Waals surface area contributed by atoms with Gasteiger partial charge in [0.2, 0.25) is 0 Å². The third-order valence-electron chi connectivity index (χ3n) is 4.60. The van der Waals surface area contributed by atoms with E-state index in [4.69, 9.17) is 0 Å². The van der Waals surface area contributed by atoms with Crippen LogP contribution in [0.4, 0.5) is 0 Å². The largest absolute Gasteiger partial charge is 0.373 e. The van der Waals surface area contributed by atoms with Gasteiger partial charge in [0.25, 0.3) is 0 Å². The molecule has 0 saturated carbocycles. The highest BCUT2D eigenvalue weighted by Crippen LogP contribution is 2.20. The van der Waals surface area contributed by atoms with Gasteiger partial charge in [0.05, 0.1) is 0 Å². The summed E-state index contributed by atoms with van der Waals surface area (Å²) in [6.07, 6.45) is 17.9. The third-order valence-corrected chi connectivity index (χ3v) is 4.60. The van der Waals surface area contributed by atoms with Gasteiger partial charge in [-0.1, -0.05) is 73.1 Å². The molecule has 1 rings (SSSR count).